The summed E-state index contributed by atoms with van der Waals surface area (Å²) in [7, 11) is 0. The van der Waals surface area contributed by atoms with Crippen molar-refractivity contribution in [2.75, 3.05) is 44.8 Å². The fraction of sp³-hybridized carbons (Fsp3) is 0.270. The Hall–Kier alpha value is -5.13. The Balaban J connectivity index is 1.08. The molecule has 2 aromatic heterocycles. The van der Waals surface area contributed by atoms with Gasteiger partial charge in [0.2, 0.25) is 5.75 Å². The molecule has 0 radical (unpaired) electrons. The van der Waals surface area contributed by atoms with Gasteiger partial charge in [-0.05, 0) is 86.9 Å². The molecule has 10 nitrogen and oxygen atoms in total. The highest BCUT2D eigenvalue weighted by atomic mass is 35.5. The molecule has 0 saturated carbocycles. The second-order valence-corrected chi connectivity index (χ2v) is 12.2. The molecule has 7 rings (SSSR count). The Bertz CT molecular complexity index is 2050. The minimum absolute atomic E-state index is 0.108. The summed E-state index contributed by atoms with van der Waals surface area (Å²) in [5.74, 6) is 1.40. The summed E-state index contributed by atoms with van der Waals surface area (Å²) < 4.78 is 39.3. The summed E-state index contributed by atoms with van der Waals surface area (Å²) in [6.45, 7) is 4.60. The second-order valence-electron chi connectivity index (χ2n) is 11.8. The first-order valence-electron chi connectivity index (χ1n) is 16.3. The first-order chi connectivity index (χ1) is 23.9. The number of piperidine rings is 1. The number of hydrogen-bond donors (Lipinski definition) is 1. The van der Waals surface area contributed by atoms with Crippen LogP contribution in [-0.2, 0) is 0 Å². The topological polar surface area (TPSA) is 104 Å². The third-order valence-corrected chi connectivity index (χ3v) is 8.79. The smallest absolute Gasteiger partial charge is 0.267 e. The molecule has 4 heterocycles. The van der Waals surface area contributed by atoms with Crippen LogP contribution in [0.2, 0.25) is 5.02 Å². The SMILES string of the molecule is O=C(Nc1ccc(Oc2ccnc3cc(OCCCN4CCCCC4)c4c(c23)OCCO4)cc1Cl)c1cccn(-c2ccc(F)cc2)c1=O. The summed E-state index contributed by atoms with van der Waals surface area (Å²) in [5.41, 5.74) is 0.661. The zero-order valence-corrected chi connectivity index (χ0v) is 27.4. The molecule has 0 spiro atoms. The minimum Gasteiger partial charge on any atom is -0.489 e. The maximum absolute atomic E-state index is 13.4. The Morgan fingerprint density at radius 2 is 1.76 bits per heavy atom. The highest BCUT2D eigenvalue weighted by molar-refractivity contribution is 6.34. The number of halogens is 2. The molecule has 1 fully saturated rings. The van der Waals surface area contributed by atoms with Crippen molar-refractivity contribution in [3.05, 3.63) is 106 Å². The molecule has 3 aromatic carbocycles. The van der Waals surface area contributed by atoms with Crippen molar-refractivity contribution in [1.82, 2.24) is 14.5 Å². The highest BCUT2D eigenvalue weighted by Crippen LogP contribution is 2.48. The van der Waals surface area contributed by atoms with Gasteiger partial charge in [0, 0.05) is 36.8 Å². The average molecular weight is 685 g/mol. The number of pyridine rings is 2. The molecule has 0 bridgehead atoms. The van der Waals surface area contributed by atoms with Crippen LogP contribution in [0.25, 0.3) is 16.6 Å². The number of likely N-dealkylation sites (tertiary alicyclic amines) is 1. The summed E-state index contributed by atoms with van der Waals surface area (Å²) in [6.07, 6.45) is 7.87. The average Bonchev–Trinajstić information content (AvgIpc) is 3.12. The van der Waals surface area contributed by atoms with E-state index >= 15 is 0 Å². The number of ether oxygens (including phenoxy) is 4. The molecular formula is C37H34ClFN4O6. The van der Waals surface area contributed by atoms with E-state index in [0.717, 1.165) is 26.1 Å². The van der Waals surface area contributed by atoms with Gasteiger partial charge in [-0.3, -0.25) is 19.1 Å². The molecule has 2 aliphatic rings. The molecule has 252 valence electrons. The standard InChI is InChI=1S/C37H34ClFN4O6/c38-28-22-26(11-12-29(28)41-36(44)27-6-4-18-43(37(27)45)25-9-7-24(39)8-10-25)49-31-13-14-40-30-23-32(34-35(33(30)31)48-21-20-47-34)46-19-5-17-42-15-2-1-3-16-42/h4,6-14,18,22-23H,1-3,5,15-17,19-21H2,(H,41,44). The van der Waals surface area contributed by atoms with Gasteiger partial charge >= 0.3 is 0 Å². The Kier molecular flexibility index (Phi) is 9.63. The van der Waals surface area contributed by atoms with Gasteiger partial charge in [-0.15, -0.1) is 0 Å². The molecular weight excluding hydrogens is 651 g/mol. The van der Waals surface area contributed by atoms with Gasteiger partial charge in [0.15, 0.2) is 11.5 Å². The maximum atomic E-state index is 13.4. The maximum Gasteiger partial charge on any atom is 0.267 e. The zero-order chi connectivity index (χ0) is 33.7. The number of nitrogens with zero attached hydrogens (tertiary/aromatic N) is 3. The predicted molar refractivity (Wildman–Crippen MR) is 185 cm³/mol. The molecule has 1 amide bonds. The number of benzene rings is 3. The Morgan fingerprint density at radius 1 is 0.959 bits per heavy atom. The lowest BCUT2D eigenvalue weighted by atomic mass is 10.1. The van der Waals surface area contributed by atoms with E-state index in [1.165, 1.54) is 60.4 Å². The van der Waals surface area contributed by atoms with Gasteiger partial charge in [0.05, 0.1) is 28.2 Å². The first-order valence-corrected chi connectivity index (χ1v) is 16.7. The minimum atomic E-state index is -0.648. The third-order valence-electron chi connectivity index (χ3n) is 8.48. The highest BCUT2D eigenvalue weighted by Gasteiger charge is 2.25. The zero-order valence-electron chi connectivity index (χ0n) is 26.6. The normalized spacial score (nSPS) is 14.4. The number of fused-ring (bicyclic) bond motifs is 3. The number of amides is 1. The van der Waals surface area contributed by atoms with Crippen molar-refractivity contribution in [3.8, 4) is 34.4 Å². The number of aromatic nitrogens is 2. The molecule has 5 aromatic rings. The number of carbonyl (C=O) groups excluding carboxylic acids is 1. The Labute approximate surface area is 286 Å². The van der Waals surface area contributed by atoms with Crippen LogP contribution in [0.4, 0.5) is 10.1 Å². The molecule has 1 N–H and O–H groups in total. The lowest BCUT2D eigenvalue weighted by Gasteiger charge is -2.26. The van der Waals surface area contributed by atoms with E-state index in [9.17, 15) is 14.0 Å². The van der Waals surface area contributed by atoms with Crippen LogP contribution in [0.15, 0.2) is 83.9 Å². The van der Waals surface area contributed by atoms with Crippen molar-refractivity contribution in [3.63, 3.8) is 0 Å². The van der Waals surface area contributed by atoms with Crippen molar-refractivity contribution >= 4 is 34.1 Å². The molecule has 0 unspecified atom stereocenters. The van der Waals surface area contributed by atoms with Gasteiger partial charge in [0.25, 0.3) is 11.5 Å². The van der Waals surface area contributed by atoms with Gasteiger partial charge in [0.1, 0.15) is 36.1 Å². The van der Waals surface area contributed by atoms with Gasteiger partial charge in [-0.25, -0.2) is 4.39 Å². The van der Waals surface area contributed by atoms with E-state index in [-0.39, 0.29) is 16.3 Å². The van der Waals surface area contributed by atoms with Gasteiger partial charge in [-0.1, -0.05) is 18.0 Å². The number of anilines is 1. The lowest BCUT2D eigenvalue weighted by molar-refractivity contribution is 0.102. The fourth-order valence-corrected chi connectivity index (χ4v) is 6.29. The van der Waals surface area contributed by atoms with Gasteiger partial charge in [-0.2, -0.15) is 0 Å². The quantitative estimate of drug-likeness (QED) is 0.154. The molecule has 0 aliphatic carbocycles. The van der Waals surface area contributed by atoms with E-state index < -0.39 is 17.3 Å². The third kappa shape index (κ3) is 7.18. The summed E-state index contributed by atoms with van der Waals surface area (Å²) in [5, 5.41) is 3.53. The first kappa shape index (κ1) is 32.4. The van der Waals surface area contributed by atoms with E-state index in [1.54, 1.807) is 36.5 Å². The van der Waals surface area contributed by atoms with E-state index in [4.69, 9.17) is 30.5 Å². The number of nitrogens with one attached hydrogen (secondary N) is 1. The van der Waals surface area contributed by atoms with Crippen LogP contribution in [0.5, 0.6) is 28.7 Å². The molecule has 1 saturated heterocycles. The van der Waals surface area contributed by atoms with E-state index in [2.05, 4.69) is 15.2 Å². The van der Waals surface area contributed by atoms with Crippen LogP contribution in [0, 0.1) is 5.82 Å². The van der Waals surface area contributed by atoms with E-state index in [0.29, 0.717) is 65.2 Å². The summed E-state index contributed by atoms with van der Waals surface area (Å²) in [4.78, 5) is 33.3. The Morgan fingerprint density at radius 3 is 2.55 bits per heavy atom. The fourth-order valence-electron chi connectivity index (χ4n) is 6.07. The van der Waals surface area contributed by atoms with E-state index in [1.807, 2.05) is 6.07 Å². The van der Waals surface area contributed by atoms with Crippen molar-refractivity contribution in [1.29, 1.82) is 0 Å². The summed E-state index contributed by atoms with van der Waals surface area (Å²) in [6, 6.07) is 16.8. The van der Waals surface area contributed by atoms with Crippen LogP contribution >= 0.6 is 11.6 Å². The summed E-state index contributed by atoms with van der Waals surface area (Å²) >= 11 is 6.58. The van der Waals surface area contributed by atoms with Crippen LogP contribution in [-0.4, -0.2) is 59.8 Å². The second kappa shape index (κ2) is 14.6. The largest absolute Gasteiger partial charge is 0.489 e. The van der Waals surface area contributed by atoms with Crippen LogP contribution < -0.4 is 29.8 Å². The molecule has 12 heteroatoms. The monoisotopic (exact) mass is 684 g/mol. The van der Waals surface area contributed by atoms with Crippen LogP contribution in [0.3, 0.4) is 0 Å². The van der Waals surface area contributed by atoms with Crippen molar-refractivity contribution in [2.45, 2.75) is 25.7 Å². The van der Waals surface area contributed by atoms with Crippen LogP contribution in [0.1, 0.15) is 36.0 Å². The van der Waals surface area contributed by atoms with Crippen molar-refractivity contribution < 1.29 is 28.1 Å². The predicted octanol–water partition coefficient (Wildman–Crippen LogP) is 7.25. The number of carbonyl (C=O) groups is 1. The van der Waals surface area contributed by atoms with Gasteiger partial charge < -0.3 is 29.2 Å². The lowest BCUT2D eigenvalue weighted by Crippen LogP contribution is -2.31. The molecule has 0 atom stereocenters. The number of hydrogen-bond acceptors (Lipinski definition) is 8. The molecule has 2 aliphatic heterocycles. The van der Waals surface area contributed by atoms with Crippen molar-refractivity contribution in [2.24, 2.45) is 0 Å². The molecule has 49 heavy (non-hydrogen) atoms. The number of rotatable bonds is 10.